The molecular weight excluding hydrogens is 142 g/mol. The second kappa shape index (κ2) is 4.34. The molecule has 0 aliphatic heterocycles. The predicted octanol–water partition coefficient (Wildman–Crippen LogP) is 0.482. The van der Waals surface area contributed by atoms with Gasteiger partial charge in [-0.25, -0.2) is 0 Å². The third kappa shape index (κ3) is 2.89. The molecule has 66 valence electrons. The fourth-order valence-electron chi connectivity index (χ4n) is 0.747. The molecular formula is C8H17NO2. The monoisotopic (exact) mass is 159 g/mol. The van der Waals surface area contributed by atoms with Crippen molar-refractivity contribution in [1.82, 2.24) is 4.90 Å². The summed E-state index contributed by atoms with van der Waals surface area (Å²) in [5.41, 5.74) is 0. The van der Waals surface area contributed by atoms with Crippen LogP contribution < -0.4 is 0 Å². The summed E-state index contributed by atoms with van der Waals surface area (Å²) in [7, 11) is 1.71. The van der Waals surface area contributed by atoms with Gasteiger partial charge < -0.3 is 10.0 Å². The Morgan fingerprint density at radius 1 is 1.45 bits per heavy atom. The van der Waals surface area contributed by atoms with Crippen LogP contribution >= 0.6 is 0 Å². The van der Waals surface area contributed by atoms with Crippen molar-refractivity contribution >= 4 is 5.91 Å². The minimum atomic E-state index is -0.0788. The Hall–Kier alpha value is -0.570. The van der Waals surface area contributed by atoms with Gasteiger partial charge in [0.2, 0.25) is 5.91 Å². The molecule has 0 saturated carbocycles. The Morgan fingerprint density at radius 3 is 2.18 bits per heavy atom. The highest BCUT2D eigenvalue weighted by molar-refractivity contribution is 5.78. The average molecular weight is 159 g/mol. The number of hydrogen-bond donors (Lipinski definition) is 1. The zero-order chi connectivity index (χ0) is 9.02. The minimum Gasteiger partial charge on any atom is -0.394 e. The van der Waals surface area contributed by atoms with Crippen molar-refractivity contribution in [3.8, 4) is 0 Å². The molecule has 0 fully saturated rings. The number of rotatable bonds is 3. The maximum atomic E-state index is 11.3. The van der Waals surface area contributed by atoms with Crippen LogP contribution in [0.1, 0.15) is 20.8 Å². The van der Waals surface area contributed by atoms with E-state index in [1.54, 1.807) is 11.9 Å². The SMILES string of the molecule is CC(C)C(=O)N(C)C(C)CO. The van der Waals surface area contributed by atoms with Gasteiger partial charge in [0.25, 0.3) is 0 Å². The van der Waals surface area contributed by atoms with Gasteiger partial charge in [0.15, 0.2) is 0 Å². The summed E-state index contributed by atoms with van der Waals surface area (Å²) < 4.78 is 0. The fraction of sp³-hybridized carbons (Fsp3) is 0.875. The van der Waals surface area contributed by atoms with Crippen molar-refractivity contribution in [3.63, 3.8) is 0 Å². The Balaban J connectivity index is 4.02. The van der Waals surface area contributed by atoms with E-state index < -0.39 is 0 Å². The Kier molecular flexibility index (Phi) is 4.11. The predicted molar refractivity (Wildman–Crippen MR) is 44.2 cm³/mol. The molecule has 0 heterocycles. The number of nitrogens with zero attached hydrogens (tertiary/aromatic N) is 1. The van der Waals surface area contributed by atoms with Gasteiger partial charge in [0.05, 0.1) is 12.6 Å². The van der Waals surface area contributed by atoms with E-state index in [1.165, 1.54) is 0 Å². The molecule has 1 atom stereocenters. The maximum Gasteiger partial charge on any atom is 0.225 e. The van der Waals surface area contributed by atoms with E-state index in [9.17, 15) is 4.79 Å². The molecule has 0 aliphatic rings. The van der Waals surface area contributed by atoms with E-state index in [0.717, 1.165) is 0 Å². The summed E-state index contributed by atoms with van der Waals surface area (Å²) in [6.45, 7) is 5.54. The molecule has 0 radical (unpaired) electrons. The molecule has 0 saturated heterocycles. The average Bonchev–Trinajstić information content (AvgIpc) is 2.00. The first-order valence-corrected chi connectivity index (χ1v) is 3.88. The van der Waals surface area contributed by atoms with E-state index in [0.29, 0.717) is 0 Å². The minimum absolute atomic E-state index is 0.00833. The van der Waals surface area contributed by atoms with Crippen molar-refractivity contribution in [3.05, 3.63) is 0 Å². The van der Waals surface area contributed by atoms with Crippen LogP contribution in [0.3, 0.4) is 0 Å². The molecule has 0 aromatic carbocycles. The van der Waals surface area contributed by atoms with Crippen molar-refractivity contribution in [2.45, 2.75) is 26.8 Å². The van der Waals surface area contributed by atoms with Crippen LogP contribution in [0.2, 0.25) is 0 Å². The van der Waals surface area contributed by atoms with Crippen LogP contribution in [0.4, 0.5) is 0 Å². The largest absolute Gasteiger partial charge is 0.394 e. The standard InChI is InChI=1S/C8H17NO2/c1-6(2)8(11)9(4)7(3)5-10/h6-7,10H,5H2,1-4H3. The lowest BCUT2D eigenvalue weighted by atomic mass is 10.1. The lowest BCUT2D eigenvalue weighted by Crippen LogP contribution is -2.39. The van der Waals surface area contributed by atoms with Crippen molar-refractivity contribution in [2.24, 2.45) is 5.92 Å². The first-order valence-electron chi connectivity index (χ1n) is 3.88. The van der Waals surface area contributed by atoms with Crippen LogP contribution in [0, 0.1) is 5.92 Å². The first kappa shape index (κ1) is 10.4. The Bertz CT molecular complexity index is 134. The molecule has 1 amide bonds. The van der Waals surface area contributed by atoms with Gasteiger partial charge in [-0.05, 0) is 6.92 Å². The highest BCUT2D eigenvalue weighted by Crippen LogP contribution is 2.02. The zero-order valence-corrected chi connectivity index (χ0v) is 7.66. The van der Waals surface area contributed by atoms with Crippen LogP contribution in [-0.2, 0) is 4.79 Å². The van der Waals surface area contributed by atoms with E-state index >= 15 is 0 Å². The summed E-state index contributed by atoms with van der Waals surface area (Å²) in [6.07, 6.45) is 0. The van der Waals surface area contributed by atoms with Gasteiger partial charge in [0, 0.05) is 13.0 Å². The summed E-state index contributed by atoms with van der Waals surface area (Å²) in [5.74, 6) is 0.0838. The van der Waals surface area contributed by atoms with Gasteiger partial charge in [-0.15, -0.1) is 0 Å². The van der Waals surface area contributed by atoms with E-state index in [4.69, 9.17) is 5.11 Å². The number of amides is 1. The lowest BCUT2D eigenvalue weighted by molar-refractivity contribution is -0.135. The molecule has 1 N–H and O–H groups in total. The van der Waals surface area contributed by atoms with Gasteiger partial charge >= 0.3 is 0 Å². The van der Waals surface area contributed by atoms with Gasteiger partial charge in [-0.3, -0.25) is 4.79 Å². The van der Waals surface area contributed by atoms with Crippen molar-refractivity contribution in [2.75, 3.05) is 13.7 Å². The van der Waals surface area contributed by atoms with Crippen LogP contribution in [0.15, 0.2) is 0 Å². The number of hydrogen-bond acceptors (Lipinski definition) is 2. The molecule has 0 aromatic heterocycles. The maximum absolute atomic E-state index is 11.3. The lowest BCUT2D eigenvalue weighted by Gasteiger charge is -2.24. The molecule has 3 heteroatoms. The van der Waals surface area contributed by atoms with E-state index in [2.05, 4.69) is 0 Å². The van der Waals surface area contributed by atoms with Crippen molar-refractivity contribution < 1.29 is 9.90 Å². The van der Waals surface area contributed by atoms with Gasteiger partial charge in [-0.2, -0.15) is 0 Å². The van der Waals surface area contributed by atoms with Crippen molar-refractivity contribution in [1.29, 1.82) is 0 Å². The Morgan fingerprint density at radius 2 is 1.91 bits per heavy atom. The molecule has 0 spiro atoms. The third-order valence-corrected chi connectivity index (χ3v) is 1.77. The second-order valence-electron chi connectivity index (χ2n) is 3.14. The second-order valence-corrected chi connectivity index (χ2v) is 3.14. The van der Waals surface area contributed by atoms with Crippen LogP contribution in [0.5, 0.6) is 0 Å². The quantitative estimate of drug-likeness (QED) is 0.650. The summed E-state index contributed by atoms with van der Waals surface area (Å²) in [4.78, 5) is 12.8. The molecule has 0 bridgehead atoms. The summed E-state index contributed by atoms with van der Waals surface area (Å²) in [5, 5.41) is 8.74. The first-order chi connectivity index (χ1) is 5.00. The summed E-state index contributed by atoms with van der Waals surface area (Å²) in [6, 6.07) is -0.0788. The smallest absolute Gasteiger partial charge is 0.225 e. The van der Waals surface area contributed by atoms with Gasteiger partial charge in [0.1, 0.15) is 0 Å². The Labute approximate surface area is 68.0 Å². The zero-order valence-electron chi connectivity index (χ0n) is 7.66. The molecule has 0 aromatic rings. The van der Waals surface area contributed by atoms with E-state index in [1.807, 2.05) is 20.8 Å². The van der Waals surface area contributed by atoms with Crippen LogP contribution in [-0.4, -0.2) is 35.6 Å². The molecule has 1 unspecified atom stereocenters. The fourth-order valence-corrected chi connectivity index (χ4v) is 0.747. The third-order valence-electron chi connectivity index (χ3n) is 1.77. The normalized spacial score (nSPS) is 13.3. The van der Waals surface area contributed by atoms with Gasteiger partial charge in [-0.1, -0.05) is 13.8 Å². The van der Waals surface area contributed by atoms with Crippen LogP contribution in [0.25, 0.3) is 0 Å². The summed E-state index contributed by atoms with van der Waals surface area (Å²) >= 11 is 0. The number of likely N-dealkylation sites (N-methyl/N-ethyl adjacent to an activating group) is 1. The van der Waals surface area contributed by atoms with E-state index in [-0.39, 0.29) is 24.5 Å². The number of aliphatic hydroxyl groups is 1. The highest BCUT2D eigenvalue weighted by atomic mass is 16.3. The molecule has 0 aliphatic carbocycles. The number of aliphatic hydroxyl groups excluding tert-OH is 1. The topological polar surface area (TPSA) is 40.5 Å². The highest BCUT2D eigenvalue weighted by Gasteiger charge is 2.16. The molecule has 3 nitrogen and oxygen atoms in total. The molecule has 0 rings (SSSR count). The number of carbonyl (C=O) groups is 1. The molecule has 11 heavy (non-hydrogen) atoms. The number of carbonyl (C=O) groups excluding carboxylic acids is 1.